The third-order valence-corrected chi connectivity index (χ3v) is 11.2. The Morgan fingerprint density at radius 1 is 1.15 bits per heavy atom. The zero-order chi connectivity index (χ0) is 25.1. The highest BCUT2D eigenvalue weighted by atomic mass is 32.2. The average Bonchev–Trinajstić information content (AvgIpc) is 2.88. The molecular formula is C24H33NO7S2. The predicted octanol–water partition coefficient (Wildman–Crippen LogP) is 3.61. The summed E-state index contributed by atoms with van der Waals surface area (Å²) in [7, 11) is -7.98. The molecule has 1 atom stereocenters. The normalized spacial score (nSPS) is 23.3. The van der Waals surface area contributed by atoms with Gasteiger partial charge in [0.1, 0.15) is 23.0 Å². The zero-order valence-corrected chi connectivity index (χ0v) is 22.0. The van der Waals surface area contributed by atoms with Crippen LogP contribution in [0.4, 0.5) is 0 Å². The van der Waals surface area contributed by atoms with E-state index >= 15 is 0 Å². The SMILES string of the molecule is CC(C)(C)OC(=O)C1N(S(=O)(=O)c2ccc3c4c(oc3c2)CCCCC4)CCS(=O)(=O)C1(C)C. The topological polar surface area (TPSA) is 111 Å². The van der Waals surface area contributed by atoms with E-state index in [9.17, 15) is 21.6 Å². The maximum Gasteiger partial charge on any atom is 0.326 e. The second-order valence-electron chi connectivity index (χ2n) is 10.7. The summed E-state index contributed by atoms with van der Waals surface area (Å²) in [4.78, 5) is 13.1. The van der Waals surface area contributed by atoms with Gasteiger partial charge in [-0.2, -0.15) is 4.31 Å². The van der Waals surface area contributed by atoms with E-state index in [-0.39, 0.29) is 17.2 Å². The van der Waals surface area contributed by atoms with Crippen LogP contribution in [0.1, 0.15) is 65.2 Å². The molecule has 1 aromatic heterocycles. The Morgan fingerprint density at radius 2 is 1.82 bits per heavy atom. The van der Waals surface area contributed by atoms with E-state index in [4.69, 9.17) is 9.15 Å². The van der Waals surface area contributed by atoms with Crippen LogP contribution in [0.2, 0.25) is 0 Å². The average molecular weight is 512 g/mol. The van der Waals surface area contributed by atoms with Crippen LogP contribution >= 0.6 is 0 Å². The summed E-state index contributed by atoms with van der Waals surface area (Å²) in [6, 6.07) is 3.24. The number of carbonyl (C=O) groups is 1. The van der Waals surface area contributed by atoms with Crippen LogP contribution in [0.3, 0.4) is 0 Å². The van der Waals surface area contributed by atoms with Gasteiger partial charge >= 0.3 is 5.97 Å². The van der Waals surface area contributed by atoms with E-state index in [2.05, 4.69) is 0 Å². The van der Waals surface area contributed by atoms with Crippen molar-refractivity contribution in [2.24, 2.45) is 0 Å². The number of sulfonamides is 1. The standard InChI is InChI=1S/C24H33NO7S2/c1-23(2,3)32-22(26)21-24(4,5)33(27,28)14-13-25(21)34(29,30)16-11-12-18-17-9-7-6-8-10-19(17)31-20(18)15-16/h11-12,15,21H,6-10,13-14H2,1-5H3. The third kappa shape index (κ3) is 4.28. The Labute approximate surface area is 201 Å². The smallest absolute Gasteiger partial charge is 0.326 e. The van der Waals surface area contributed by atoms with Crippen molar-refractivity contribution < 1.29 is 30.8 Å². The molecule has 1 saturated heterocycles. The molecule has 2 heterocycles. The number of aryl methyl sites for hydroxylation is 2. The Balaban J connectivity index is 1.79. The van der Waals surface area contributed by atoms with Gasteiger partial charge in [0.25, 0.3) is 0 Å². The molecule has 8 nitrogen and oxygen atoms in total. The quantitative estimate of drug-likeness (QED) is 0.457. The Bertz CT molecular complexity index is 1330. The largest absolute Gasteiger partial charge is 0.461 e. The van der Waals surface area contributed by atoms with Gasteiger partial charge in [-0.3, -0.25) is 4.79 Å². The van der Waals surface area contributed by atoms with Crippen LogP contribution in [0.5, 0.6) is 0 Å². The molecule has 0 spiro atoms. The van der Waals surface area contributed by atoms with Gasteiger partial charge < -0.3 is 9.15 Å². The molecule has 4 rings (SSSR count). The highest BCUT2D eigenvalue weighted by Crippen LogP contribution is 2.37. The van der Waals surface area contributed by atoms with Crippen molar-refractivity contribution in [2.75, 3.05) is 12.3 Å². The van der Waals surface area contributed by atoms with E-state index in [0.717, 1.165) is 53.1 Å². The van der Waals surface area contributed by atoms with Crippen LogP contribution in [0.25, 0.3) is 11.0 Å². The summed E-state index contributed by atoms with van der Waals surface area (Å²) in [6.45, 7) is 7.40. The predicted molar refractivity (Wildman–Crippen MR) is 129 cm³/mol. The van der Waals surface area contributed by atoms with Gasteiger partial charge in [0.05, 0.1) is 15.4 Å². The summed E-state index contributed by atoms with van der Waals surface area (Å²) < 4.78 is 64.1. The van der Waals surface area contributed by atoms with Crippen LogP contribution in [-0.2, 0) is 42.2 Å². The molecule has 2 aromatic rings. The van der Waals surface area contributed by atoms with Crippen molar-refractivity contribution in [2.45, 2.75) is 88.0 Å². The van der Waals surface area contributed by atoms with E-state index in [1.807, 2.05) is 0 Å². The number of benzene rings is 1. The number of rotatable bonds is 3. The molecule has 34 heavy (non-hydrogen) atoms. The lowest BCUT2D eigenvalue weighted by atomic mass is 10.0. The highest BCUT2D eigenvalue weighted by molar-refractivity contribution is 7.93. The van der Waals surface area contributed by atoms with Gasteiger partial charge in [-0.25, -0.2) is 16.8 Å². The second-order valence-corrected chi connectivity index (χ2v) is 15.3. The fourth-order valence-corrected chi connectivity index (χ4v) is 8.29. The van der Waals surface area contributed by atoms with Crippen LogP contribution in [0.15, 0.2) is 27.5 Å². The summed E-state index contributed by atoms with van der Waals surface area (Å²) in [5.74, 6) is -0.357. The molecule has 0 N–H and O–H groups in total. The van der Waals surface area contributed by atoms with Crippen molar-refractivity contribution in [1.82, 2.24) is 4.31 Å². The summed E-state index contributed by atoms with van der Waals surface area (Å²) in [5, 5.41) is 0.904. The van der Waals surface area contributed by atoms with Gasteiger partial charge in [0.15, 0.2) is 9.84 Å². The maximum absolute atomic E-state index is 13.8. The van der Waals surface area contributed by atoms with E-state index in [0.29, 0.717) is 5.58 Å². The Morgan fingerprint density at radius 3 is 2.50 bits per heavy atom. The molecular weight excluding hydrogens is 478 g/mol. The first kappa shape index (κ1) is 25.2. The number of esters is 1. The first-order valence-corrected chi connectivity index (χ1v) is 14.8. The van der Waals surface area contributed by atoms with Gasteiger partial charge in [-0.15, -0.1) is 0 Å². The minimum absolute atomic E-state index is 0.0347. The first-order valence-electron chi connectivity index (χ1n) is 11.7. The number of nitrogens with zero attached hydrogens (tertiary/aromatic N) is 1. The molecule has 1 aliphatic carbocycles. The lowest BCUT2D eigenvalue weighted by molar-refractivity contribution is -0.160. The second kappa shape index (κ2) is 8.34. The van der Waals surface area contributed by atoms with Crippen molar-refractivity contribution in [3.05, 3.63) is 29.5 Å². The zero-order valence-electron chi connectivity index (χ0n) is 20.4. The lowest BCUT2D eigenvalue weighted by Gasteiger charge is -2.43. The number of ether oxygens (including phenoxy) is 1. The maximum atomic E-state index is 13.8. The van der Waals surface area contributed by atoms with Crippen molar-refractivity contribution in [1.29, 1.82) is 0 Å². The van der Waals surface area contributed by atoms with E-state index in [1.54, 1.807) is 26.8 Å². The third-order valence-electron chi connectivity index (χ3n) is 6.74. The van der Waals surface area contributed by atoms with E-state index in [1.165, 1.54) is 26.0 Å². The van der Waals surface area contributed by atoms with Gasteiger partial charge in [-0.05, 0) is 66.0 Å². The molecule has 1 aromatic carbocycles. The van der Waals surface area contributed by atoms with Gasteiger partial charge in [0.2, 0.25) is 10.0 Å². The van der Waals surface area contributed by atoms with Crippen molar-refractivity contribution in [3.8, 4) is 0 Å². The Hall–Kier alpha value is -1.91. The number of furan rings is 1. The monoisotopic (exact) mass is 511 g/mol. The number of carbonyl (C=O) groups excluding carboxylic acids is 1. The number of fused-ring (bicyclic) bond motifs is 3. The highest BCUT2D eigenvalue weighted by Gasteiger charge is 2.56. The van der Waals surface area contributed by atoms with Gasteiger partial charge in [0, 0.05) is 30.0 Å². The summed E-state index contributed by atoms with van der Waals surface area (Å²) in [6.07, 6.45) is 4.96. The minimum atomic E-state index is -4.23. The minimum Gasteiger partial charge on any atom is -0.461 e. The number of hydrogen-bond donors (Lipinski definition) is 0. The summed E-state index contributed by atoms with van der Waals surface area (Å²) >= 11 is 0. The van der Waals surface area contributed by atoms with Gasteiger partial charge in [-0.1, -0.05) is 6.42 Å². The molecule has 0 amide bonds. The fourth-order valence-electron chi connectivity index (χ4n) is 4.85. The molecule has 0 saturated carbocycles. The Kier molecular flexibility index (Phi) is 6.18. The van der Waals surface area contributed by atoms with Crippen LogP contribution < -0.4 is 0 Å². The molecule has 1 aliphatic heterocycles. The fraction of sp³-hybridized carbons (Fsp3) is 0.625. The van der Waals surface area contributed by atoms with Crippen LogP contribution in [0, 0.1) is 0 Å². The first-order chi connectivity index (χ1) is 15.6. The molecule has 10 heteroatoms. The van der Waals surface area contributed by atoms with E-state index < -0.39 is 42.2 Å². The molecule has 1 unspecified atom stereocenters. The molecule has 1 fully saturated rings. The molecule has 0 bridgehead atoms. The lowest BCUT2D eigenvalue weighted by Crippen LogP contribution is -2.65. The van der Waals surface area contributed by atoms with Crippen LogP contribution in [-0.4, -0.2) is 55.8 Å². The number of sulfone groups is 1. The molecule has 188 valence electrons. The van der Waals surface area contributed by atoms with Crippen molar-refractivity contribution in [3.63, 3.8) is 0 Å². The summed E-state index contributed by atoms with van der Waals surface area (Å²) in [5.41, 5.74) is 0.716. The van der Waals surface area contributed by atoms with Crippen molar-refractivity contribution >= 4 is 36.8 Å². The molecule has 2 aliphatic rings. The number of hydrogen-bond acceptors (Lipinski definition) is 7. The molecule has 0 radical (unpaired) electrons.